The van der Waals surface area contributed by atoms with Crippen LogP contribution >= 0.6 is 11.3 Å². The van der Waals surface area contributed by atoms with Gasteiger partial charge in [-0.15, -0.1) is 11.3 Å². The standard InChI is InChI=1S/C17H19N3O3S/c1-23-14-5-3-2-4-13(14)16(22)20-9-6-12(7-10-20)15(21)19-17-18-8-11-24-17/h2-5,8,11-12H,6-7,9-10H2,1H3,(H,18,19,21). The van der Waals surface area contributed by atoms with Crippen molar-refractivity contribution in [2.24, 2.45) is 5.92 Å². The minimum Gasteiger partial charge on any atom is -0.496 e. The minimum absolute atomic E-state index is 0.0191. The Kier molecular flexibility index (Phi) is 5.10. The van der Waals surface area contributed by atoms with Gasteiger partial charge >= 0.3 is 0 Å². The average Bonchev–Trinajstić information content (AvgIpc) is 3.14. The number of para-hydroxylation sites is 1. The number of carbonyl (C=O) groups excluding carboxylic acids is 2. The molecule has 24 heavy (non-hydrogen) atoms. The molecule has 0 bridgehead atoms. The predicted molar refractivity (Wildman–Crippen MR) is 92.4 cm³/mol. The van der Waals surface area contributed by atoms with Crippen molar-refractivity contribution < 1.29 is 14.3 Å². The first kappa shape index (κ1) is 16.4. The number of carbonyl (C=O) groups is 2. The van der Waals surface area contributed by atoms with Crippen molar-refractivity contribution in [2.45, 2.75) is 12.8 Å². The highest BCUT2D eigenvalue weighted by atomic mass is 32.1. The van der Waals surface area contributed by atoms with Gasteiger partial charge in [-0.05, 0) is 25.0 Å². The first-order chi connectivity index (χ1) is 11.7. The number of anilines is 1. The maximum absolute atomic E-state index is 12.6. The Bertz CT molecular complexity index is 710. The fraction of sp³-hybridized carbons (Fsp3) is 0.353. The Balaban J connectivity index is 1.58. The lowest BCUT2D eigenvalue weighted by atomic mass is 9.95. The number of likely N-dealkylation sites (tertiary alicyclic amines) is 1. The van der Waals surface area contributed by atoms with Gasteiger partial charge in [-0.3, -0.25) is 9.59 Å². The van der Waals surface area contributed by atoms with Gasteiger partial charge in [-0.1, -0.05) is 12.1 Å². The number of aromatic nitrogens is 1. The van der Waals surface area contributed by atoms with Crippen LogP contribution in [0.3, 0.4) is 0 Å². The van der Waals surface area contributed by atoms with E-state index in [0.29, 0.717) is 42.4 Å². The molecule has 7 heteroatoms. The molecular formula is C17H19N3O3S. The molecule has 1 fully saturated rings. The number of nitrogens with zero attached hydrogens (tertiary/aromatic N) is 2. The van der Waals surface area contributed by atoms with Crippen molar-refractivity contribution >= 4 is 28.3 Å². The van der Waals surface area contributed by atoms with Gasteiger partial charge in [0.25, 0.3) is 5.91 Å². The van der Waals surface area contributed by atoms with E-state index in [-0.39, 0.29) is 17.7 Å². The molecule has 0 aliphatic carbocycles. The molecule has 0 saturated carbocycles. The van der Waals surface area contributed by atoms with Crippen molar-refractivity contribution in [3.05, 3.63) is 41.4 Å². The number of hydrogen-bond donors (Lipinski definition) is 1. The summed E-state index contributed by atoms with van der Waals surface area (Å²) in [6.07, 6.45) is 2.96. The molecule has 1 aromatic carbocycles. The van der Waals surface area contributed by atoms with E-state index in [9.17, 15) is 9.59 Å². The van der Waals surface area contributed by atoms with Crippen LogP contribution in [0.25, 0.3) is 0 Å². The summed E-state index contributed by atoms with van der Waals surface area (Å²) >= 11 is 1.40. The van der Waals surface area contributed by atoms with Crippen LogP contribution in [-0.4, -0.2) is 41.9 Å². The zero-order valence-corrected chi connectivity index (χ0v) is 14.2. The quantitative estimate of drug-likeness (QED) is 0.925. The summed E-state index contributed by atoms with van der Waals surface area (Å²) in [5.41, 5.74) is 0.561. The number of amides is 2. The topological polar surface area (TPSA) is 71.5 Å². The van der Waals surface area contributed by atoms with Gasteiger partial charge in [0.1, 0.15) is 5.75 Å². The van der Waals surface area contributed by atoms with E-state index >= 15 is 0 Å². The fourth-order valence-corrected chi connectivity index (χ4v) is 3.36. The second-order valence-corrected chi connectivity index (χ2v) is 6.49. The third-order valence-corrected chi connectivity index (χ3v) is 4.84. The molecule has 126 valence electrons. The largest absolute Gasteiger partial charge is 0.496 e. The van der Waals surface area contributed by atoms with E-state index in [4.69, 9.17) is 4.74 Å². The molecule has 3 rings (SSSR count). The van der Waals surface area contributed by atoms with Crippen LogP contribution in [0.5, 0.6) is 5.75 Å². The molecule has 2 amide bonds. The van der Waals surface area contributed by atoms with Crippen LogP contribution in [0.4, 0.5) is 5.13 Å². The Morgan fingerprint density at radius 3 is 2.71 bits per heavy atom. The lowest BCUT2D eigenvalue weighted by molar-refractivity contribution is -0.121. The zero-order valence-electron chi connectivity index (χ0n) is 13.4. The molecule has 0 radical (unpaired) electrons. The molecule has 1 aliphatic heterocycles. The first-order valence-corrected chi connectivity index (χ1v) is 8.69. The second-order valence-electron chi connectivity index (χ2n) is 5.59. The third-order valence-electron chi connectivity index (χ3n) is 4.15. The Morgan fingerprint density at radius 1 is 1.29 bits per heavy atom. The zero-order chi connectivity index (χ0) is 16.9. The molecule has 6 nitrogen and oxygen atoms in total. The van der Waals surface area contributed by atoms with E-state index in [1.54, 1.807) is 30.3 Å². The van der Waals surface area contributed by atoms with E-state index in [1.165, 1.54) is 11.3 Å². The summed E-state index contributed by atoms with van der Waals surface area (Å²) in [7, 11) is 1.56. The van der Waals surface area contributed by atoms with Crippen LogP contribution in [0.1, 0.15) is 23.2 Å². The number of ether oxygens (including phenoxy) is 1. The number of rotatable bonds is 4. The summed E-state index contributed by atoms with van der Waals surface area (Å²) in [4.78, 5) is 30.7. The van der Waals surface area contributed by atoms with Crippen molar-refractivity contribution in [3.63, 3.8) is 0 Å². The molecule has 0 spiro atoms. The van der Waals surface area contributed by atoms with Crippen LogP contribution in [0.15, 0.2) is 35.8 Å². The van der Waals surface area contributed by atoms with Gasteiger partial charge in [0.15, 0.2) is 5.13 Å². The Morgan fingerprint density at radius 2 is 2.04 bits per heavy atom. The van der Waals surface area contributed by atoms with Gasteiger partial charge in [0.2, 0.25) is 5.91 Å². The predicted octanol–water partition coefficient (Wildman–Crippen LogP) is 2.64. The number of nitrogens with one attached hydrogen (secondary N) is 1. The van der Waals surface area contributed by atoms with E-state index in [0.717, 1.165) is 0 Å². The second kappa shape index (κ2) is 7.44. The van der Waals surface area contributed by atoms with Gasteiger partial charge in [0, 0.05) is 30.6 Å². The Hall–Kier alpha value is -2.41. The van der Waals surface area contributed by atoms with Crippen molar-refractivity contribution in [2.75, 3.05) is 25.5 Å². The van der Waals surface area contributed by atoms with Crippen LogP contribution in [0, 0.1) is 5.92 Å². The highest BCUT2D eigenvalue weighted by Gasteiger charge is 2.29. The summed E-state index contributed by atoms with van der Waals surface area (Å²) in [6, 6.07) is 7.21. The smallest absolute Gasteiger partial charge is 0.257 e. The van der Waals surface area contributed by atoms with E-state index < -0.39 is 0 Å². The molecule has 2 heterocycles. The third kappa shape index (κ3) is 3.56. The van der Waals surface area contributed by atoms with Crippen molar-refractivity contribution in [3.8, 4) is 5.75 Å². The van der Waals surface area contributed by atoms with Gasteiger partial charge in [-0.25, -0.2) is 4.98 Å². The van der Waals surface area contributed by atoms with Crippen LogP contribution < -0.4 is 10.1 Å². The van der Waals surface area contributed by atoms with Crippen molar-refractivity contribution in [1.29, 1.82) is 0 Å². The monoisotopic (exact) mass is 345 g/mol. The van der Waals surface area contributed by atoms with Gasteiger partial charge in [-0.2, -0.15) is 0 Å². The number of methoxy groups -OCH3 is 1. The SMILES string of the molecule is COc1ccccc1C(=O)N1CCC(C(=O)Nc2nccs2)CC1. The number of hydrogen-bond acceptors (Lipinski definition) is 5. The highest BCUT2D eigenvalue weighted by Crippen LogP contribution is 2.24. The van der Waals surface area contributed by atoms with E-state index in [1.807, 2.05) is 17.5 Å². The highest BCUT2D eigenvalue weighted by molar-refractivity contribution is 7.13. The number of thiazole rings is 1. The summed E-state index contributed by atoms with van der Waals surface area (Å²) in [5, 5.41) is 5.27. The fourth-order valence-electron chi connectivity index (χ4n) is 2.83. The molecule has 1 N–H and O–H groups in total. The summed E-state index contributed by atoms with van der Waals surface area (Å²) < 4.78 is 5.26. The lowest BCUT2D eigenvalue weighted by Gasteiger charge is -2.31. The van der Waals surface area contributed by atoms with Gasteiger partial charge < -0.3 is 15.0 Å². The molecule has 1 aromatic heterocycles. The summed E-state index contributed by atoms with van der Waals surface area (Å²) in [5.74, 6) is 0.419. The van der Waals surface area contributed by atoms with Crippen LogP contribution in [0.2, 0.25) is 0 Å². The maximum atomic E-state index is 12.6. The Labute approximate surface area is 144 Å². The van der Waals surface area contributed by atoms with Gasteiger partial charge in [0.05, 0.1) is 12.7 Å². The lowest BCUT2D eigenvalue weighted by Crippen LogP contribution is -2.41. The van der Waals surface area contributed by atoms with Crippen molar-refractivity contribution in [1.82, 2.24) is 9.88 Å². The molecule has 0 unspecified atom stereocenters. The molecule has 1 saturated heterocycles. The molecule has 1 aliphatic rings. The molecular weight excluding hydrogens is 326 g/mol. The van der Waals surface area contributed by atoms with E-state index in [2.05, 4.69) is 10.3 Å². The molecule has 0 atom stereocenters. The van der Waals surface area contributed by atoms with Crippen LogP contribution in [-0.2, 0) is 4.79 Å². The maximum Gasteiger partial charge on any atom is 0.257 e. The summed E-state index contributed by atoms with van der Waals surface area (Å²) in [6.45, 7) is 1.12. The average molecular weight is 345 g/mol. The first-order valence-electron chi connectivity index (χ1n) is 7.81. The normalized spacial score (nSPS) is 15.1. The number of benzene rings is 1. The number of piperidine rings is 1. The molecule has 2 aromatic rings. The minimum atomic E-state index is -0.0874.